The third-order valence-electron chi connectivity index (χ3n) is 3.39. The predicted molar refractivity (Wildman–Crippen MR) is 70.7 cm³/mol. The van der Waals surface area contributed by atoms with Crippen molar-refractivity contribution in [1.82, 2.24) is 0 Å². The Morgan fingerprint density at radius 1 is 1.21 bits per heavy atom. The SMILES string of the molecule is O=C(Cc1ccc(F)cc1F)c1cc2c(s1)CCC2. The lowest BCUT2D eigenvalue weighted by molar-refractivity contribution is 0.0995. The zero-order valence-electron chi connectivity index (χ0n) is 10.2. The van der Waals surface area contributed by atoms with E-state index in [4.69, 9.17) is 0 Å². The Hall–Kier alpha value is -1.55. The van der Waals surface area contributed by atoms with Gasteiger partial charge in [-0.1, -0.05) is 6.07 Å². The van der Waals surface area contributed by atoms with E-state index >= 15 is 0 Å². The topological polar surface area (TPSA) is 17.1 Å². The molecule has 3 rings (SSSR count). The first-order valence-electron chi connectivity index (χ1n) is 6.22. The Kier molecular flexibility index (Phi) is 3.19. The number of halogens is 2. The third kappa shape index (κ3) is 2.45. The Balaban J connectivity index is 1.80. The van der Waals surface area contributed by atoms with E-state index in [1.54, 1.807) is 0 Å². The number of carbonyl (C=O) groups excluding carboxylic acids is 1. The normalized spacial score (nSPS) is 13.6. The number of thiophene rings is 1. The first kappa shape index (κ1) is 12.5. The van der Waals surface area contributed by atoms with E-state index in [0.29, 0.717) is 4.88 Å². The molecule has 2 aromatic rings. The lowest BCUT2D eigenvalue weighted by atomic mass is 10.1. The monoisotopic (exact) mass is 278 g/mol. The van der Waals surface area contributed by atoms with Crippen molar-refractivity contribution >= 4 is 17.1 Å². The van der Waals surface area contributed by atoms with Gasteiger partial charge in [0.1, 0.15) is 11.6 Å². The van der Waals surface area contributed by atoms with Crippen LogP contribution in [0.1, 0.15) is 32.1 Å². The summed E-state index contributed by atoms with van der Waals surface area (Å²) in [5.74, 6) is -1.37. The van der Waals surface area contributed by atoms with Crippen LogP contribution in [0.5, 0.6) is 0 Å². The van der Waals surface area contributed by atoms with Gasteiger partial charge in [0.05, 0.1) is 4.88 Å². The van der Waals surface area contributed by atoms with Crippen molar-refractivity contribution in [3.63, 3.8) is 0 Å². The quantitative estimate of drug-likeness (QED) is 0.777. The predicted octanol–water partition coefficient (Wildman–Crippen LogP) is 3.94. The van der Waals surface area contributed by atoms with Crippen LogP contribution in [0, 0.1) is 11.6 Å². The highest BCUT2D eigenvalue weighted by atomic mass is 32.1. The van der Waals surface area contributed by atoms with E-state index in [2.05, 4.69) is 0 Å². The molecule has 0 saturated carbocycles. The first-order chi connectivity index (χ1) is 9.13. The summed E-state index contributed by atoms with van der Waals surface area (Å²) in [5.41, 5.74) is 1.51. The molecule has 0 fully saturated rings. The van der Waals surface area contributed by atoms with Crippen LogP contribution in [0.25, 0.3) is 0 Å². The summed E-state index contributed by atoms with van der Waals surface area (Å²) in [5, 5.41) is 0. The Bertz CT molecular complexity index is 624. The van der Waals surface area contributed by atoms with Crippen LogP contribution in [0.15, 0.2) is 24.3 Å². The number of aryl methyl sites for hydroxylation is 2. The highest BCUT2D eigenvalue weighted by Gasteiger charge is 2.19. The number of Topliss-reactive ketones (excluding diaryl/α,β-unsaturated/α-hetero) is 1. The molecule has 0 saturated heterocycles. The summed E-state index contributed by atoms with van der Waals surface area (Å²) in [6, 6.07) is 5.26. The molecule has 0 amide bonds. The van der Waals surface area contributed by atoms with Gasteiger partial charge in [-0.2, -0.15) is 0 Å². The first-order valence-corrected chi connectivity index (χ1v) is 7.04. The van der Waals surface area contributed by atoms with Gasteiger partial charge in [-0.3, -0.25) is 4.79 Å². The van der Waals surface area contributed by atoms with Crippen LogP contribution in [-0.4, -0.2) is 5.78 Å². The number of ketones is 1. The Morgan fingerprint density at radius 3 is 2.79 bits per heavy atom. The van der Waals surface area contributed by atoms with Gasteiger partial charge in [0.2, 0.25) is 0 Å². The Morgan fingerprint density at radius 2 is 2.05 bits per heavy atom. The molecule has 1 heterocycles. The van der Waals surface area contributed by atoms with Gasteiger partial charge in [-0.15, -0.1) is 11.3 Å². The van der Waals surface area contributed by atoms with Crippen molar-refractivity contribution in [3.8, 4) is 0 Å². The lowest BCUT2D eigenvalue weighted by Gasteiger charge is -2.01. The van der Waals surface area contributed by atoms with Crippen LogP contribution in [0.3, 0.4) is 0 Å². The molecular formula is C15H12F2OS. The number of hydrogen-bond acceptors (Lipinski definition) is 2. The minimum absolute atomic E-state index is 0.00843. The summed E-state index contributed by atoms with van der Waals surface area (Å²) in [4.78, 5) is 14.1. The molecule has 0 aliphatic heterocycles. The van der Waals surface area contributed by atoms with Gasteiger partial charge in [0.25, 0.3) is 0 Å². The fourth-order valence-electron chi connectivity index (χ4n) is 2.39. The van der Waals surface area contributed by atoms with E-state index in [1.807, 2.05) is 6.07 Å². The van der Waals surface area contributed by atoms with Crippen molar-refractivity contribution in [1.29, 1.82) is 0 Å². The molecule has 0 radical (unpaired) electrons. The van der Waals surface area contributed by atoms with E-state index in [9.17, 15) is 13.6 Å². The zero-order valence-corrected chi connectivity index (χ0v) is 11.0. The molecule has 19 heavy (non-hydrogen) atoms. The van der Waals surface area contributed by atoms with E-state index in [1.165, 1.54) is 33.9 Å². The van der Waals surface area contributed by atoms with Crippen molar-refractivity contribution in [3.05, 3.63) is 56.8 Å². The second kappa shape index (κ2) is 4.85. The highest BCUT2D eigenvalue weighted by Crippen LogP contribution is 2.31. The number of carbonyl (C=O) groups is 1. The van der Waals surface area contributed by atoms with Crippen molar-refractivity contribution < 1.29 is 13.6 Å². The molecule has 1 aliphatic rings. The third-order valence-corrected chi connectivity index (χ3v) is 4.67. The van der Waals surface area contributed by atoms with Gasteiger partial charge >= 0.3 is 0 Å². The molecule has 1 aromatic heterocycles. The van der Waals surface area contributed by atoms with Crippen LogP contribution in [-0.2, 0) is 19.3 Å². The largest absolute Gasteiger partial charge is 0.293 e. The molecular weight excluding hydrogens is 266 g/mol. The van der Waals surface area contributed by atoms with Crippen LogP contribution < -0.4 is 0 Å². The second-order valence-electron chi connectivity index (χ2n) is 4.75. The van der Waals surface area contributed by atoms with Crippen LogP contribution >= 0.6 is 11.3 Å². The number of fused-ring (bicyclic) bond motifs is 1. The molecule has 0 atom stereocenters. The highest BCUT2D eigenvalue weighted by molar-refractivity contribution is 7.14. The maximum absolute atomic E-state index is 13.5. The van der Waals surface area contributed by atoms with Gasteiger partial charge < -0.3 is 0 Å². The smallest absolute Gasteiger partial charge is 0.177 e. The molecule has 0 bridgehead atoms. The summed E-state index contributed by atoms with van der Waals surface area (Å²) in [6.07, 6.45) is 3.22. The van der Waals surface area contributed by atoms with E-state index < -0.39 is 11.6 Å². The molecule has 0 spiro atoms. The fraction of sp³-hybridized carbons (Fsp3) is 0.267. The van der Waals surface area contributed by atoms with Gasteiger partial charge in [-0.25, -0.2) is 8.78 Å². The summed E-state index contributed by atoms with van der Waals surface area (Å²) in [7, 11) is 0. The average molecular weight is 278 g/mol. The number of rotatable bonds is 3. The zero-order chi connectivity index (χ0) is 13.4. The van der Waals surface area contributed by atoms with Crippen molar-refractivity contribution in [2.75, 3.05) is 0 Å². The summed E-state index contributed by atoms with van der Waals surface area (Å²) >= 11 is 1.51. The molecule has 0 unspecified atom stereocenters. The minimum atomic E-state index is -0.655. The molecule has 1 aliphatic carbocycles. The van der Waals surface area contributed by atoms with Crippen LogP contribution in [0.4, 0.5) is 8.78 Å². The van der Waals surface area contributed by atoms with Gasteiger partial charge in [-0.05, 0) is 42.5 Å². The van der Waals surface area contributed by atoms with Crippen molar-refractivity contribution in [2.45, 2.75) is 25.7 Å². The summed E-state index contributed by atoms with van der Waals surface area (Å²) < 4.78 is 26.3. The number of benzene rings is 1. The van der Waals surface area contributed by atoms with E-state index in [0.717, 1.165) is 25.3 Å². The minimum Gasteiger partial charge on any atom is -0.293 e. The van der Waals surface area contributed by atoms with Crippen molar-refractivity contribution in [2.24, 2.45) is 0 Å². The molecule has 98 valence electrons. The Labute approximate surface area is 113 Å². The second-order valence-corrected chi connectivity index (χ2v) is 5.89. The van der Waals surface area contributed by atoms with Crippen LogP contribution in [0.2, 0.25) is 0 Å². The molecule has 1 aromatic carbocycles. The molecule has 1 nitrogen and oxygen atoms in total. The summed E-state index contributed by atoms with van der Waals surface area (Å²) in [6.45, 7) is 0. The average Bonchev–Trinajstić information content (AvgIpc) is 2.93. The van der Waals surface area contributed by atoms with Gasteiger partial charge in [0.15, 0.2) is 5.78 Å². The number of hydrogen-bond donors (Lipinski definition) is 0. The maximum atomic E-state index is 13.5. The van der Waals surface area contributed by atoms with Gasteiger partial charge in [0, 0.05) is 17.4 Å². The maximum Gasteiger partial charge on any atom is 0.177 e. The molecule has 0 N–H and O–H groups in total. The van der Waals surface area contributed by atoms with E-state index in [-0.39, 0.29) is 17.8 Å². The fourth-order valence-corrected chi connectivity index (χ4v) is 3.58. The standard InChI is InChI=1S/C15H12F2OS/c16-11-5-4-9(12(17)8-11)6-13(18)15-7-10-2-1-3-14(10)19-15/h4-5,7-8H,1-3,6H2. The molecule has 4 heteroatoms. The lowest BCUT2D eigenvalue weighted by Crippen LogP contribution is -2.03.